The molecule has 1 aliphatic heterocycles. The van der Waals surface area contributed by atoms with Crippen LogP contribution in [0.25, 0.3) is 0 Å². The molecule has 1 aromatic rings. The summed E-state index contributed by atoms with van der Waals surface area (Å²) in [6, 6.07) is 5.00. The van der Waals surface area contributed by atoms with E-state index in [2.05, 4.69) is 22.0 Å². The highest BCUT2D eigenvalue weighted by atomic mass is 32.2. The number of anilines is 1. The molecule has 0 bridgehead atoms. The van der Waals surface area contributed by atoms with Crippen molar-refractivity contribution in [2.24, 2.45) is 4.99 Å². The summed E-state index contributed by atoms with van der Waals surface area (Å²) in [4.78, 5) is 4.51. The van der Waals surface area contributed by atoms with Gasteiger partial charge in [0.25, 0.3) is 10.0 Å². The zero-order chi connectivity index (χ0) is 16.4. The van der Waals surface area contributed by atoms with E-state index in [-0.39, 0.29) is 16.4 Å². The van der Waals surface area contributed by atoms with Crippen LogP contribution in [0, 0.1) is 0 Å². The Morgan fingerprint density at radius 1 is 1.27 bits per heavy atom. The largest absolute Gasteiger partial charge is 0.494 e. The van der Waals surface area contributed by atoms with Crippen LogP contribution in [0.5, 0.6) is 5.75 Å². The van der Waals surface area contributed by atoms with E-state index in [4.69, 9.17) is 4.74 Å². The molecule has 0 aromatic heterocycles. The average Bonchev–Trinajstić information content (AvgIpc) is 2.37. The Balaban J connectivity index is 2.30. The molecule has 0 saturated heterocycles. The number of nitrogens with zero attached hydrogens (tertiary/aromatic N) is 1. The van der Waals surface area contributed by atoms with Crippen molar-refractivity contribution in [1.82, 2.24) is 4.72 Å². The van der Waals surface area contributed by atoms with Crippen LogP contribution >= 0.6 is 0 Å². The Bertz CT molecular complexity index is 676. The number of hydrogen-bond donors (Lipinski definition) is 2. The fourth-order valence-corrected chi connectivity index (χ4v) is 3.11. The molecule has 1 aliphatic rings. The lowest BCUT2D eigenvalue weighted by Gasteiger charge is -2.24. The molecule has 1 aromatic carbocycles. The monoisotopic (exact) mass is 325 g/mol. The highest BCUT2D eigenvalue weighted by Crippen LogP contribution is 2.29. The summed E-state index contributed by atoms with van der Waals surface area (Å²) in [5, 5.41) is 3.01. The summed E-state index contributed by atoms with van der Waals surface area (Å²) in [5.74, 6) is 0.787. The molecule has 122 valence electrons. The van der Waals surface area contributed by atoms with Crippen molar-refractivity contribution in [2.45, 2.75) is 51.0 Å². The molecule has 0 atom stereocenters. The first-order chi connectivity index (χ1) is 10.2. The molecular weight excluding hydrogens is 302 g/mol. The van der Waals surface area contributed by atoms with Crippen LogP contribution in [0.1, 0.15) is 40.5 Å². The molecule has 0 unspecified atom stereocenters. The molecule has 6 nitrogen and oxygen atoms in total. The van der Waals surface area contributed by atoms with Gasteiger partial charge in [-0.15, -0.1) is 0 Å². The molecule has 7 heteroatoms. The molecule has 1 heterocycles. The third kappa shape index (κ3) is 4.13. The van der Waals surface area contributed by atoms with Crippen LogP contribution in [0.3, 0.4) is 0 Å². The Morgan fingerprint density at radius 3 is 2.64 bits per heavy atom. The third-order valence-electron chi connectivity index (χ3n) is 2.94. The Hall–Kier alpha value is -1.76. The maximum absolute atomic E-state index is 12.4. The number of unbranched alkanes of at least 4 members (excludes halogenated alkanes) is 1. The van der Waals surface area contributed by atoms with Gasteiger partial charge in [0.05, 0.1) is 17.8 Å². The molecule has 0 radical (unpaired) electrons. The molecular formula is C15H23N3O3S. The second-order valence-corrected chi connectivity index (χ2v) is 7.87. The summed E-state index contributed by atoms with van der Waals surface area (Å²) in [6.07, 6.45) is 1.96. The second-order valence-electron chi connectivity index (χ2n) is 6.22. The topological polar surface area (TPSA) is 79.8 Å². The van der Waals surface area contributed by atoms with E-state index >= 15 is 0 Å². The minimum Gasteiger partial charge on any atom is -0.494 e. The lowest BCUT2D eigenvalue weighted by Crippen LogP contribution is -2.42. The summed E-state index contributed by atoms with van der Waals surface area (Å²) in [7, 11) is -3.64. The van der Waals surface area contributed by atoms with Crippen molar-refractivity contribution in [3.05, 3.63) is 18.2 Å². The van der Waals surface area contributed by atoms with Gasteiger partial charge in [0.1, 0.15) is 10.6 Å². The minimum absolute atomic E-state index is 0.175. The molecule has 2 rings (SSSR count). The van der Waals surface area contributed by atoms with E-state index in [9.17, 15) is 8.42 Å². The maximum atomic E-state index is 12.4. The molecule has 22 heavy (non-hydrogen) atoms. The fraction of sp³-hybridized carbons (Fsp3) is 0.533. The number of nitrogens with one attached hydrogen (secondary N) is 2. The molecule has 0 saturated carbocycles. The van der Waals surface area contributed by atoms with E-state index in [1.807, 2.05) is 20.8 Å². The highest BCUT2D eigenvalue weighted by Gasteiger charge is 2.28. The van der Waals surface area contributed by atoms with Crippen molar-refractivity contribution < 1.29 is 13.2 Å². The molecule has 2 N–H and O–H groups in total. The second kappa shape index (κ2) is 6.16. The summed E-state index contributed by atoms with van der Waals surface area (Å²) in [6.45, 7) is 8.35. The zero-order valence-corrected chi connectivity index (χ0v) is 14.3. The summed E-state index contributed by atoms with van der Waals surface area (Å²) < 4.78 is 32.7. The number of guanidine groups is 1. The van der Waals surface area contributed by atoms with Crippen LogP contribution in [0.2, 0.25) is 0 Å². The predicted octanol–water partition coefficient (Wildman–Crippen LogP) is 2.72. The predicted molar refractivity (Wildman–Crippen MR) is 88.0 cm³/mol. The lowest BCUT2D eigenvalue weighted by molar-refractivity contribution is 0.308. The lowest BCUT2D eigenvalue weighted by atomic mass is 10.1. The van der Waals surface area contributed by atoms with Gasteiger partial charge in [-0.3, -0.25) is 0 Å². The van der Waals surface area contributed by atoms with Crippen molar-refractivity contribution in [1.29, 1.82) is 0 Å². The van der Waals surface area contributed by atoms with E-state index in [1.165, 1.54) is 6.07 Å². The first-order valence-corrected chi connectivity index (χ1v) is 8.86. The molecule has 0 spiro atoms. The SMILES string of the molecule is CCCCOc1ccc2c(c1)S(=O)(=O)NC(=NC(C)(C)C)N2. The van der Waals surface area contributed by atoms with E-state index in [1.54, 1.807) is 12.1 Å². The Morgan fingerprint density at radius 2 is 2.00 bits per heavy atom. The Labute approximate surface area is 132 Å². The van der Waals surface area contributed by atoms with Gasteiger partial charge in [-0.25, -0.2) is 18.1 Å². The van der Waals surface area contributed by atoms with Gasteiger partial charge in [0.15, 0.2) is 0 Å². The Kier molecular flexibility index (Phi) is 4.65. The van der Waals surface area contributed by atoms with Gasteiger partial charge in [-0.05, 0) is 39.3 Å². The molecule has 0 amide bonds. The van der Waals surface area contributed by atoms with Gasteiger partial charge in [-0.2, -0.15) is 0 Å². The van der Waals surface area contributed by atoms with Crippen LogP contribution in [-0.2, 0) is 10.0 Å². The number of aliphatic imine (C=N–C) groups is 1. The van der Waals surface area contributed by atoms with Gasteiger partial charge in [0, 0.05) is 6.07 Å². The van der Waals surface area contributed by atoms with Crippen molar-refractivity contribution in [3.8, 4) is 5.75 Å². The van der Waals surface area contributed by atoms with Gasteiger partial charge >= 0.3 is 0 Å². The number of benzene rings is 1. The van der Waals surface area contributed by atoms with Crippen LogP contribution in [-0.4, -0.2) is 26.5 Å². The van der Waals surface area contributed by atoms with Crippen LogP contribution in [0.4, 0.5) is 5.69 Å². The van der Waals surface area contributed by atoms with Gasteiger partial charge < -0.3 is 10.1 Å². The summed E-state index contributed by atoms with van der Waals surface area (Å²) >= 11 is 0. The number of rotatable bonds is 4. The van der Waals surface area contributed by atoms with Crippen LogP contribution in [0.15, 0.2) is 28.1 Å². The van der Waals surface area contributed by atoms with Crippen molar-refractivity contribution in [2.75, 3.05) is 11.9 Å². The summed E-state index contributed by atoms with van der Waals surface area (Å²) in [5.41, 5.74) is 0.121. The van der Waals surface area contributed by atoms with E-state index < -0.39 is 10.0 Å². The maximum Gasteiger partial charge on any atom is 0.266 e. The minimum atomic E-state index is -3.64. The first-order valence-electron chi connectivity index (χ1n) is 7.38. The normalized spacial score (nSPS) is 18.3. The van der Waals surface area contributed by atoms with Crippen molar-refractivity contribution in [3.63, 3.8) is 0 Å². The van der Waals surface area contributed by atoms with Crippen LogP contribution < -0.4 is 14.8 Å². The molecule has 0 fully saturated rings. The molecule has 0 aliphatic carbocycles. The van der Waals surface area contributed by atoms with Gasteiger partial charge in [0.2, 0.25) is 5.96 Å². The number of fused-ring (bicyclic) bond motifs is 1. The smallest absolute Gasteiger partial charge is 0.266 e. The number of ether oxygens (including phenoxy) is 1. The quantitative estimate of drug-likeness (QED) is 0.834. The van der Waals surface area contributed by atoms with Crippen molar-refractivity contribution >= 4 is 21.7 Å². The standard InChI is InChI=1S/C15H23N3O3S/c1-5-6-9-21-11-7-8-12-13(10-11)22(19,20)18-14(16-12)17-15(2,3)4/h7-8,10H,5-6,9H2,1-4H3,(H2,16,17,18). The average molecular weight is 325 g/mol. The highest BCUT2D eigenvalue weighted by molar-refractivity contribution is 7.90. The number of sulfonamides is 1. The fourth-order valence-electron chi connectivity index (χ4n) is 1.97. The first kappa shape index (κ1) is 16.6. The van der Waals surface area contributed by atoms with E-state index in [0.717, 1.165) is 12.8 Å². The van der Waals surface area contributed by atoms with Gasteiger partial charge in [-0.1, -0.05) is 13.3 Å². The van der Waals surface area contributed by atoms with E-state index in [0.29, 0.717) is 18.0 Å². The zero-order valence-electron chi connectivity index (χ0n) is 13.4. The number of hydrogen-bond acceptors (Lipinski definition) is 4. The third-order valence-corrected chi connectivity index (χ3v) is 4.32.